The molecule has 0 N–H and O–H groups in total. The first kappa shape index (κ1) is 27.9. The molecule has 1 aliphatic rings. The Morgan fingerprint density at radius 1 is 0.810 bits per heavy atom. The number of benzene rings is 5. The smallest absolute Gasteiger partial charge is 0.262 e. The quantitative estimate of drug-likeness (QED) is 0.170. The van der Waals surface area contributed by atoms with Gasteiger partial charge >= 0.3 is 0 Å². The summed E-state index contributed by atoms with van der Waals surface area (Å²) in [4.78, 5) is 18.3. The van der Waals surface area contributed by atoms with Crippen LogP contribution >= 0.6 is 27.5 Å². The summed E-state index contributed by atoms with van der Waals surface area (Å²) in [6.07, 6.45) is -0.467. The average Bonchev–Trinajstić information content (AvgIpc) is 3.03. The fourth-order valence-corrected chi connectivity index (χ4v) is 6.01. The van der Waals surface area contributed by atoms with Crippen LogP contribution in [0, 0.1) is 0 Å². The molecule has 0 spiro atoms. The topological polar surface area (TPSA) is 42.0 Å². The van der Waals surface area contributed by atoms with Crippen molar-refractivity contribution >= 4 is 44.8 Å². The SMILES string of the molecule is COc1cc([C@@H]2N(Cc3ccccc3)c3ccccc3C(=O)N2c2ccccc2)cc(Br)c1OCc1ccc(Cl)cc1. The number of para-hydroxylation sites is 2. The van der Waals surface area contributed by atoms with E-state index in [2.05, 4.69) is 33.0 Å². The summed E-state index contributed by atoms with van der Waals surface area (Å²) >= 11 is 9.81. The monoisotopic (exact) mass is 638 g/mol. The molecule has 42 heavy (non-hydrogen) atoms. The first-order valence-corrected chi connectivity index (χ1v) is 14.7. The van der Waals surface area contributed by atoms with Crippen LogP contribution in [0.3, 0.4) is 0 Å². The Morgan fingerprint density at radius 2 is 1.48 bits per heavy atom. The first-order valence-electron chi connectivity index (χ1n) is 13.6. The van der Waals surface area contributed by atoms with Crippen molar-refractivity contribution in [3.8, 4) is 11.5 Å². The van der Waals surface area contributed by atoms with Gasteiger partial charge in [-0.25, -0.2) is 0 Å². The van der Waals surface area contributed by atoms with Crippen molar-refractivity contribution in [1.82, 2.24) is 0 Å². The molecule has 0 aromatic heterocycles. The number of carbonyl (C=O) groups is 1. The largest absolute Gasteiger partial charge is 0.493 e. The predicted molar refractivity (Wildman–Crippen MR) is 172 cm³/mol. The molecule has 1 heterocycles. The number of halogens is 2. The molecular weight excluding hydrogens is 612 g/mol. The summed E-state index contributed by atoms with van der Waals surface area (Å²) in [6.45, 7) is 0.935. The third kappa shape index (κ3) is 5.60. The molecule has 210 valence electrons. The fourth-order valence-electron chi connectivity index (χ4n) is 5.31. The number of nitrogens with zero attached hydrogens (tertiary/aromatic N) is 2. The minimum atomic E-state index is -0.467. The second-order valence-electron chi connectivity index (χ2n) is 9.96. The van der Waals surface area contributed by atoms with Crippen LogP contribution < -0.4 is 19.3 Å². The van der Waals surface area contributed by atoms with Crippen LogP contribution in [0.25, 0.3) is 0 Å². The van der Waals surface area contributed by atoms with Crippen molar-refractivity contribution in [2.75, 3.05) is 16.9 Å². The van der Waals surface area contributed by atoms with Crippen molar-refractivity contribution in [2.45, 2.75) is 19.3 Å². The molecule has 0 aliphatic carbocycles. The Balaban J connectivity index is 1.47. The highest BCUT2D eigenvalue weighted by atomic mass is 79.9. The summed E-state index contributed by atoms with van der Waals surface area (Å²) in [5.74, 6) is 1.08. The molecule has 0 radical (unpaired) electrons. The Morgan fingerprint density at radius 3 is 2.19 bits per heavy atom. The molecule has 0 fully saturated rings. The van der Waals surface area contributed by atoms with Gasteiger partial charge in [-0.3, -0.25) is 9.69 Å². The summed E-state index contributed by atoms with van der Waals surface area (Å²) in [5, 5.41) is 0.675. The van der Waals surface area contributed by atoms with E-state index in [1.165, 1.54) is 0 Å². The van der Waals surface area contributed by atoms with Crippen molar-refractivity contribution in [1.29, 1.82) is 0 Å². The van der Waals surface area contributed by atoms with E-state index in [1.54, 1.807) is 7.11 Å². The molecule has 1 atom stereocenters. The second-order valence-corrected chi connectivity index (χ2v) is 11.3. The maximum Gasteiger partial charge on any atom is 0.262 e. The molecular formula is C35H28BrClN2O3. The summed E-state index contributed by atoms with van der Waals surface area (Å²) in [6, 6.07) is 39.4. The standard InChI is InChI=1S/C35H28BrClN2O3/c1-41-32-21-26(20-30(36)33(32)42-23-25-16-18-27(37)19-17-25)34-38(22-24-10-4-2-5-11-24)31-15-9-8-14-29(31)35(40)39(34)28-12-6-3-7-13-28/h2-21,34H,22-23H2,1H3/t34-/m1/s1. The Hall–Kier alpha value is -4.26. The molecule has 0 bridgehead atoms. The summed E-state index contributed by atoms with van der Waals surface area (Å²) < 4.78 is 12.8. The molecule has 1 aliphatic heterocycles. The van der Waals surface area contributed by atoms with Gasteiger partial charge in [0, 0.05) is 22.8 Å². The Labute approximate surface area is 259 Å². The van der Waals surface area contributed by atoms with Gasteiger partial charge < -0.3 is 14.4 Å². The lowest BCUT2D eigenvalue weighted by molar-refractivity contribution is 0.0968. The molecule has 7 heteroatoms. The zero-order chi connectivity index (χ0) is 29.1. The lowest BCUT2D eigenvalue weighted by Gasteiger charge is -2.46. The zero-order valence-electron chi connectivity index (χ0n) is 22.9. The van der Waals surface area contributed by atoms with E-state index >= 15 is 0 Å². The predicted octanol–water partition coefficient (Wildman–Crippen LogP) is 9.06. The number of methoxy groups -OCH3 is 1. The van der Waals surface area contributed by atoms with Gasteiger partial charge in [-0.15, -0.1) is 0 Å². The van der Waals surface area contributed by atoms with E-state index in [0.29, 0.717) is 35.2 Å². The number of carbonyl (C=O) groups excluding carboxylic acids is 1. The molecule has 0 saturated carbocycles. The lowest BCUT2D eigenvalue weighted by atomic mass is 9.98. The van der Waals surface area contributed by atoms with Gasteiger partial charge in [0.1, 0.15) is 12.8 Å². The van der Waals surface area contributed by atoms with Crippen LogP contribution in [-0.4, -0.2) is 13.0 Å². The van der Waals surface area contributed by atoms with Gasteiger partial charge in [-0.2, -0.15) is 0 Å². The van der Waals surface area contributed by atoms with E-state index < -0.39 is 6.17 Å². The van der Waals surface area contributed by atoms with Crippen LogP contribution in [0.15, 0.2) is 126 Å². The summed E-state index contributed by atoms with van der Waals surface area (Å²) in [5.41, 5.74) is 5.33. The van der Waals surface area contributed by atoms with Crippen LogP contribution in [0.2, 0.25) is 5.02 Å². The Kier molecular flexibility index (Phi) is 8.17. The van der Waals surface area contributed by atoms with E-state index in [0.717, 1.165) is 32.5 Å². The molecule has 5 aromatic rings. The zero-order valence-corrected chi connectivity index (χ0v) is 25.3. The van der Waals surface area contributed by atoms with Crippen LogP contribution in [0.5, 0.6) is 11.5 Å². The van der Waals surface area contributed by atoms with Crippen LogP contribution in [0.4, 0.5) is 11.4 Å². The van der Waals surface area contributed by atoms with E-state index in [1.807, 2.05) is 114 Å². The average molecular weight is 640 g/mol. The van der Waals surface area contributed by atoms with Crippen LogP contribution in [0.1, 0.15) is 33.2 Å². The van der Waals surface area contributed by atoms with Gasteiger partial charge in [-0.1, -0.05) is 84.4 Å². The number of ether oxygens (including phenoxy) is 2. The maximum absolute atomic E-state index is 14.2. The normalized spacial score (nSPS) is 14.5. The van der Waals surface area contributed by atoms with Crippen molar-refractivity contribution in [3.05, 3.63) is 153 Å². The Bertz CT molecular complexity index is 1700. The summed E-state index contributed by atoms with van der Waals surface area (Å²) in [7, 11) is 1.62. The van der Waals surface area contributed by atoms with E-state index in [4.69, 9.17) is 21.1 Å². The van der Waals surface area contributed by atoms with Gasteiger partial charge in [0.05, 0.1) is 22.8 Å². The molecule has 0 unspecified atom stereocenters. The molecule has 5 nitrogen and oxygen atoms in total. The third-order valence-electron chi connectivity index (χ3n) is 7.28. The van der Waals surface area contributed by atoms with E-state index in [-0.39, 0.29) is 5.91 Å². The number of anilines is 2. The first-order chi connectivity index (χ1) is 20.5. The number of fused-ring (bicyclic) bond motifs is 1. The molecule has 0 saturated heterocycles. The highest BCUT2D eigenvalue weighted by molar-refractivity contribution is 9.10. The van der Waals surface area contributed by atoms with Gasteiger partial charge in [0.15, 0.2) is 11.5 Å². The number of rotatable bonds is 8. The molecule has 5 aromatic carbocycles. The third-order valence-corrected chi connectivity index (χ3v) is 8.12. The highest BCUT2D eigenvalue weighted by Gasteiger charge is 2.40. The van der Waals surface area contributed by atoms with Crippen molar-refractivity contribution in [3.63, 3.8) is 0 Å². The van der Waals surface area contributed by atoms with Crippen LogP contribution in [-0.2, 0) is 13.2 Å². The molecule has 1 amide bonds. The lowest BCUT2D eigenvalue weighted by Crippen LogP contribution is -2.49. The number of hydrogen-bond donors (Lipinski definition) is 0. The van der Waals surface area contributed by atoms with Gasteiger partial charge in [-0.05, 0) is 75.6 Å². The second kappa shape index (κ2) is 12.3. The minimum Gasteiger partial charge on any atom is -0.493 e. The number of amides is 1. The molecule has 6 rings (SSSR count). The van der Waals surface area contributed by atoms with E-state index in [9.17, 15) is 4.79 Å². The minimum absolute atomic E-state index is 0.0655. The highest BCUT2D eigenvalue weighted by Crippen LogP contribution is 2.46. The van der Waals surface area contributed by atoms with Crippen molar-refractivity contribution < 1.29 is 14.3 Å². The number of hydrogen-bond acceptors (Lipinski definition) is 4. The van der Waals surface area contributed by atoms with Gasteiger partial charge in [0.25, 0.3) is 5.91 Å². The van der Waals surface area contributed by atoms with Crippen molar-refractivity contribution in [2.24, 2.45) is 0 Å². The maximum atomic E-state index is 14.2. The van der Waals surface area contributed by atoms with Gasteiger partial charge in [0.2, 0.25) is 0 Å². The fraction of sp³-hybridized carbons (Fsp3) is 0.114.